The first-order chi connectivity index (χ1) is 21.2. The number of anilines is 1. The Kier molecular flexibility index (Phi) is 10.1. The van der Waals surface area contributed by atoms with E-state index in [1.54, 1.807) is 24.1 Å². The Morgan fingerprint density at radius 3 is 2.77 bits per heavy atom. The SMILES string of the molecule is C=CCCN(C)C(=O)C[C@H](C(=O)OC)c1ccc2c(c1)N(C[C@@H]1CC[C@H]1[C@@H](O)C=C)C[C@@]1(CCCc3cc(Cl)ccc31)CO2. The highest BCUT2D eigenvalue weighted by molar-refractivity contribution is 6.30. The Morgan fingerprint density at radius 1 is 1.25 bits per heavy atom. The summed E-state index contributed by atoms with van der Waals surface area (Å²) in [6.45, 7) is 10.1. The second-order valence-electron chi connectivity index (χ2n) is 12.7. The van der Waals surface area contributed by atoms with E-state index in [0.717, 1.165) is 67.2 Å². The summed E-state index contributed by atoms with van der Waals surface area (Å²) in [7, 11) is 3.10. The van der Waals surface area contributed by atoms with E-state index in [0.29, 0.717) is 25.5 Å². The molecule has 5 atom stereocenters. The molecule has 5 rings (SSSR count). The molecule has 236 valence electrons. The first kappa shape index (κ1) is 32.1. The molecule has 0 aromatic heterocycles. The number of hydrogen-bond donors (Lipinski definition) is 1. The van der Waals surface area contributed by atoms with Gasteiger partial charge in [-0.25, -0.2) is 0 Å². The van der Waals surface area contributed by atoms with Crippen LogP contribution < -0.4 is 9.64 Å². The van der Waals surface area contributed by atoms with Gasteiger partial charge < -0.3 is 24.4 Å². The number of ether oxygens (including phenoxy) is 2. The van der Waals surface area contributed by atoms with Crippen LogP contribution in [-0.4, -0.2) is 68.4 Å². The minimum Gasteiger partial charge on any atom is -0.490 e. The first-order valence-corrected chi connectivity index (χ1v) is 16.1. The van der Waals surface area contributed by atoms with Gasteiger partial charge in [0.25, 0.3) is 0 Å². The number of aliphatic hydroxyl groups excluding tert-OH is 1. The van der Waals surface area contributed by atoms with E-state index < -0.39 is 18.0 Å². The average Bonchev–Trinajstić information content (AvgIpc) is 3.16. The quantitative estimate of drug-likeness (QED) is 0.243. The number of methoxy groups -OCH3 is 1. The van der Waals surface area contributed by atoms with Crippen LogP contribution in [0.2, 0.25) is 5.02 Å². The Morgan fingerprint density at radius 2 is 2.07 bits per heavy atom. The molecule has 0 unspecified atom stereocenters. The van der Waals surface area contributed by atoms with Crippen LogP contribution in [0.5, 0.6) is 5.75 Å². The summed E-state index contributed by atoms with van der Waals surface area (Å²) in [5.41, 5.74) is 3.94. The van der Waals surface area contributed by atoms with Crippen molar-refractivity contribution in [1.29, 1.82) is 0 Å². The predicted octanol–water partition coefficient (Wildman–Crippen LogP) is 6.07. The Labute approximate surface area is 266 Å². The zero-order valence-electron chi connectivity index (χ0n) is 26.0. The molecular formula is C36H45ClN2O5. The zero-order chi connectivity index (χ0) is 31.4. The van der Waals surface area contributed by atoms with Gasteiger partial charge >= 0.3 is 5.97 Å². The predicted molar refractivity (Wildman–Crippen MR) is 174 cm³/mol. The van der Waals surface area contributed by atoms with Crippen LogP contribution in [0.15, 0.2) is 61.7 Å². The highest BCUT2D eigenvalue weighted by atomic mass is 35.5. The zero-order valence-corrected chi connectivity index (χ0v) is 26.7. The summed E-state index contributed by atoms with van der Waals surface area (Å²) >= 11 is 6.41. The van der Waals surface area contributed by atoms with E-state index in [9.17, 15) is 14.7 Å². The molecule has 7 nitrogen and oxygen atoms in total. The standard InChI is InChI=1S/C36H45ClN2O5/c1-5-7-17-38(3)34(41)20-29(35(42)43-4)24-11-15-33-31(19-24)39(21-26-10-13-28(26)32(40)6-2)22-36(23-44-33)16-8-9-25-18-27(37)12-14-30(25)36/h5-6,11-12,14-15,18-19,26,28-29,32,40H,1-2,7-10,13,16-17,20-23H2,3-4H3/t26-,28+,29-,32-,36-/m0/s1. The van der Waals surface area contributed by atoms with E-state index in [1.165, 1.54) is 18.2 Å². The fourth-order valence-electron chi connectivity index (χ4n) is 7.30. The molecule has 1 N–H and O–H groups in total. The largest absolute Gasteiger partial charge is 0.490 e. The summed E-state index contributed by atoms with van der Waals surface area (Å²) in [4.78, 5) is 30.3. The molecule has 1 spiro atoms. The van der Waals surface area contributed by atoms with Crippen LogP contribution in [0.3, 0.4) is 0 Å². The number of halogens is 1. The number of aliphatic hydroxyl groups is 1. The second-order valence-corrected chi connectivity index (χ2v) is 13.2. The molecule has 1 saturated carbocycles. The summed E-state index contributed by atoms with van der Waals surface area (Å²) in [6, 6.07) is 12.0. The average molecular weight is 621 g/mol. The molecule has 3 aliphatic rings. The van der Waals surface area contributed by atoms with Crippen LogP contribution in [0, 0.1) is 11.8 Å². The number of fused-ring (bicyclic) bond motifs is 3. The van der Waals surface area contributed by atoms with Crippen LogP contribution in [0.1, 0.15) is 61.1 Å². The third-order valence-electron chi connectivity index (χ3n) is 10.0. The summed E-state index contributed by atoms with van der Waals surface area (Å²) in [5, 5.41) is 11.4. The number of benzene rings is 2. The van der Waals surface area contributed by atoms with Crippen molar-refractivity contribution in [3.8, 4) is 5.75 Å². The minimum absolute atomic E-state index is 0.00819. The van der Waals surface area contributed by atoms with E-state index >= 15 is 0 Å². The maximum atomic E-state index is 13.1. The number of aryl methyl sites for hydroxylation is 1. The van der Waals surface area contributed by atoms with E-state index in [2.05, 4.69) is 30.2 Å². The lowest BCUT2D eigenvalue weighted by Gasteiger charge is -2.45. The summed E-state index contributed by atoms with van der Waals surface area (Å²) in [5.74, 6) is -0.121. The van der Waals surface area contributed by atoms with Crippen molar-refractivity contribution >= 4 is 29.2 Å². The lowest BCUT2D eigenvalue weighted by molar-refractivity contribution is -0.145. The van der Waals surface area contributed by atoms with Crippen LogP contribution in [0.4, 0.5) is 5.69 Å². The third-order valence-corrected chi connectivity index (χ3v) is 10.3. The van der Waals surface area contributed by atoms with Gasteiger partial charge in [0, 0.05) is 43.5 Å². The fourth-order valence-corrected chi connectivity index (χ4v) is 7.49. The first-order valence-electron chi connectivity index (χ1n) is 15.7. The number of rotatable bonds is 11. The number of esters is 1. The Balaban J connectivity index is 1.52. The number of amides is 1. The number of nitrogens with zero attached hydrogens (tertiary/aromatic N) is 2. The van der Waals surface area contributed by atoms with E-state index in [-0.39, 0.29) is 23.7 Å². The number of carbonyl (C=O) groups is 2. The normalized spacial score (nSPS) is 23.6. The van der Waals surface area contributed by atoms with E-state index in [4.69, 9.17) is 21.1 Å². The molecule has 0 saturated heterocycles. The van der Waals surface area contributed by atoms with Crippen LogP contribution >= 0.6 is 11.6 Å². The number of hydrogen-bond acceptors (Lipinski definition) is 6. The molecule has 2 aliphatic carbocycles. The molecule has 0 bridgehead atoms. The van der Waals surface area contributed by atoms with Gasteiger partial charge in [-0.1, -0.05) is 35.9 Å². The molecular weight excluding hydrogens is 576 g/mol. The van der Waals surface area contributed by atoms with Crippen molar-refractivity contribution in [2.24, 2.45) is 11.8 Å². The highest BCUT2D eigenvalue weighted by Gasteiger charge is 2.44. The maximum absolute atomic E-state index is 13.1. The van der Waals surface area contributed by atoms with Crippen molar-refractivity contribution in [2.75, 3.05) is 45.3 Å². The molecule has 1 amide bonds. The van der Waals surface area contributed by atoms with Crippen molar-refractivity contribution in [1.82, 2.24) is 4.90 Å². The molecule has 8 heteroatoms. The van der Waals surface area contributed by atoms with Gasteiger partial charge in [0.15, 0.2) is 0 Å². The van der Waals surface area contributed by atoms with Crippen molar-refractivity contribution in [2.45, 2.75) is 62.4 Å². The molecule has 2 aromatic carbocycles. The minimum atomic E-state index is -0.750. The van der Waals surface area contributed by atoms with Crippen molar-refractivity contribution < 1.29 is 24.2 Å². The van der Waals surface area contributed by atoms with Gasteiger partial charge in [-0.05, 0) is 91.3 Å². The van der Waals surface area contributed by atoms with Gasteiger partial charge in [-0.15, -0.1) is 13.2 Å². The molecule has 0 radical (unpaired) electrons. The van der Waals surface area contributed by atoms with Crippen LogP contribution in [0.25, 0.3) is 0 Å². The van der Waals surface area contributed by atoms with Crippen molar-refractivity contribution in [3.63, 3.8) is 0 Å². The third kappa shape index (κ3) is 6.54. The van der Waals surface area contributed by atoms with Gasteiger partial charge in [-0.2, -0.15) is 0 Å². The Hall–Kier alpha value is -3.29. The molecule has 1 aliphatic heterocycles. The topological polar surface area (TPSA) is 79.3 Å². The molecule has 44 heavy (non-hydrogen) atoms. The van der Waals surface area contributed by atoms with Crippen LogP contribution in [-0.2, 0) is 26.2 Å². The van der Waals surface area contributed by atoms with Crippen molar-refractivity contribution in [3.05, 3.63) is 83.4 Å². The Bertz CT molecular complexity index is 1390. The maximum Gasteiger partial charge on any atom is 0.313 e. The summed E-state index contributed by atoms with van der Waals surface area (Å²) in [6.07, 6.45) is 8.56. The van der Waals surface area contributed by atoms with Gasteiger partial charge in [0.05, 0.1) is 31.4 Å². The summed E-state index contributed by atoms with van der Waals surface area (Å²) < 4.78 is 11.8. The monoisotopic (exact) mass is 620 g/mol. The molecule has 1 heterocycles. The van der Waals surface area contributed by atoms with Gasteiger partial charge in [-0.3, -0.25) is 9.59 Å². The van der Waals surface area contributed by atoms with Gasteiger partial charge in [0.1, 0.15) is 5.75 Å². The lowest BCUT2D eigenvalue weighted by atomic mass is 9.68. The number of carbonyl (C=O) groups excluding carboxylic acids is 2. The molecule has 1 fully saturated rings. The van der Waals surface area contributed by atoms with Gasteiger partial charge in [0.2, 0.25) is 5.91 Å². The smallest absolute Gasteiger partial charge is 0.313 e. The second kappa shape index (κ2) is 13.8. The highest BCUT2D eigenvalue weighted by Crippen LogP contribution is 2.47. The molecule has 2 aromatic rings. The van der Waals surface area contributed by atoms with E-state index in [1.807, 2.05) is 24.3 Å². The lowest BCUT2D eigenvalue weighted by Crippen LogP contribution is -2.49. The fraction of sp³-hybridized carbons (Fsp3) is 0.500.